The number of fused-ring (bicyclic) bond motifs is 1. The molecule has 3 heterocycles. The lowest BCUT2D eigenvalue weighted by Crippen LogP contribution is -2.43. The summed E-state index contributed by atoms with van der Waals surface area (Å²) in [5.74, 6) is 1.88. The van der Waals surface area contributed by atoms with Crippen molar-refractivity contribution in [3.63, 3.8) is 0 Å². The molecule has 1 unspecified atom stereocenters. The van der Waals surface area contributed by atoms with Crippen molar-refractivity contribution >= 4 is 24.1 Å². The molecule has 25 heavy (non-hydrogen) atoms. The standard InChI is InChI=1S/C16H18N4O4.ClH/c21-15(6-11-8-22-4-3-17-11)19-16-12(7-18-20-16)10-1-2-13-14(5-10)24-9-23-13;/h1-2,5,7,11,17H,3-4,6,8-9H2,(H2,18,19,20,21);1H. The van der Waals surface area contributed by atoms with Gasteiger partial charge < -0.3 is 24.8 Å². The van der Waals surface area contributed by atoms with Crippen molar-refractivity contribution in [3.8, 4) is 22.6 Å². The zero-order chi connectivity index (χ0) is 16.4. The molecule has 134 valence electrons. The molecule has 1 atom stereocenters. The van der Waals surface area contributed by atoms with Gasteiger partial charge in [-0.3, -0.25) is 9.89 Å². The SMILES string of the molecule is Cl.O=C(CC1COCCN1)Nc1[nH]ncc1-c1ccc2c(c1)OCO2. The Morgan fingerprint density at radius 1 is 1.32 bits per heavy atom. The van der Waals surface area contributed by atoms with Gasteiger partial charge >= 0.3 is 0 Å². The van der Waals surface area contributed by atoms with Crippen LogP contribution in [0.3, 0.4) is 0 Å². The van der Waals surface area contributed by atoms with Crippen molar-refractivity contribution in [3.05, 3.63) is 24.4 Å². The predicted molar refractivity (Wildman–Crippen MR) is 93.3 cm³/mol. The molecule has 1 amide bonds. The predicted octanol–water partition coefficient (Wildman–Crippen LogP) is 1.54. The van der Waals surface area contributed by atoms with E-state index >= 15 is 0 Å². The lowest BCUT2D eigenvalue weighted by atomic mass is 10.1. The van der Waals surface area contributed by atoms with Gasteiger partial charge in [0.15, 0.2) is 11.5 Å². The van der Waals surface area contributed by atoms with E-state index < -0.39 is 0 Å². The lowest BCUT2D eigenvalue weighted by Gasteiger charge is -2.23. The summed E-state index contributed by atoms with van der Waals surface area (Å²) >= 11 is 0. The highest BCUT2D eigenvalue weighted by atomic mass is 35.5. The minimum atomic E-state index is -0.0933. The largest absolute Gasteiger partial charge is 0.454 e. The van der Waals surface area contributed by atoms with Gasteiger partial charge in [0.25, 0.3) is 0 Å². The highest BCUT2D eigenvalue weighted by Crippen LogP contribution is 2.37. The summed E-state index contributed by atoms with van der Waals surface area (Å²) in [6, 6.07) is 5.67. The molecule has 1 aromatic carbocycles. The molecular weight excluding hydrogens is 348 g/mol. The monoisotopic (exact) mass is 366 g/mol. The minimum absolute atomic E-state index is 0. The Hall–Kier alpha value is -2.29. The Morgan fingerprint density at radius 3 is 3.04 bits per heavy atom. The fraction of sp³-hybridized carbons (Fsp3) is 0.375. The summed E-state index contributed by atoms with van der Waals surface area (Å²) in [6.07, 6.45) is 2.02. The zero-order valence-electron chi connectivity index (χ0n) is 13.4. The van der Waals surface area contributed by atoms with Crippen molar-refractivity contribution in [2.24, 2.45) is 0 Å². The van der Waals surface area contributed by atoms with Crippen LogP contribution in [-0.2, 0) is 9.53 Å². The maximum atomic E-state index is 12.3. The number of nitrogens with zero attached hydrogens (tertiary/aromatic N) is 1. The number of carbonyl (C=O) groups excluding carboxylic acids is 1. The van der Waals surface area contributed by atoms with Crippen molar-refractivity contribution in [1.29, 1.82) is 0 Å². The fourth-order valence-corrected chi connectivity index (χ4v) is 2.83. The molecular formula is C16H19ClN4O4. The molecule has 1 aromatic heterocycles. The molecule has 1 saturated heterocycles. The van der Waals surface area contributed by atoms with Crippen LogP contribution in [0.15, 0.2) is 24.4 Å². The van der Waals surface area contributed by atoms with Crippen molar-refractivity contribution in [1.82, 2.24) is 15.5 Å². The van der Waals surface area contributed by atoms with Crippen molar-refractivity contribution < 1.29 is 19.0 Å². The molecule has 0 aliphatic carbocycles. The number of H-pyrrole nitrogens is 1. The number of halogens is 1. The van der Waals surface area contributed by atoms with Gasteiger partial charge in [-0.15, -0.1) is 12.4 Å². The molecule has 8 nitrogen and oxygen atoms in total. The topological polar surface area (TPSA) is 97.5 Å². The van der Waals surface area contributed by atoms with Gasteiger partial charge in [-0.2, -0.15) is 5.10 Å². The molecule has 2 aliphatic rings. The third-order valence-electron chi connectivity index (χ3n) is 4.02. The number of morpholine rings is 1. The van der Waals surface area contributed by atoms with E-state index in [2.05, 4.69) is 20.8 Å². The molecule has 3 N–H and O–H groups in total. The highest BCUT2D eigenvalue weighted by Gasteiger charge is 2.20. The maximum absolute atomic E-state index is 12.3. The minimum Gasteiger partial charge on any atom is -0.454 e. The number of nitrogens with one attached hydrogen (secondary N) is 3. The summed E-state index contributed by atoms with van der Waals surface area (Å²) in [5, 5.41) is 13.0. The first-order chi connectivity index (χ1) is 11.8. The van der Waals surface area contributed by atoms with E-state index in [9.17, 15) is 4.79 Å². The number of aromatic nitrogens is 2. The Kier molecular flexibility index (Phi) is 5.42. The summed E-state index contributed by atoms with van der Waals surface area (Å²) in [4.78, 5) is 12.3. The fourth-order valence-electron chi connectivity index (χ4n) is 2.83. The van der Waals surface area contributed by atoms with Gasteiger partial charge in [0.05, 0.1) is 19.4 Å². The molecule has 0 bridgehead atoms. The van der Waals surface area contributed by atoms with Gasteiger partial charge in [0.1, 0.15) is 5.82 Å². The summed E-state index contributed by atoms with van der Waals surface area (Å²) in [5.41, 5.74) is 1.69. The smallest absolute Gasteiger partial charge is 0.231 e. The van der Waals surface area contributed by atoms with Gasteiger partial charge in [-0.05, 0) is 17.7 Å². The number of ether oxygens (including phenoxy) is 3. The number of rotatable bonds is 4. The van der Waals surface area contributed by atoms with E-state index in [-0.39, 0.29) is 31.1 Å². The zero-order valence-corrected chi connectivity index (χ0v) is 14.2. The first-order valence-electron chi connectivity index (χ1n) is 7.84. The second-order valence-corrected chi connectivity index (χ2v) is 5.70. The van der Waals surface area contributed by atoms with Crippen molar-refractivity contribution in [2.75, 3.05) is 31.9 Å². The second-order valence-electron chi connectivity index (χ2n) is 5.70. The lowest BCUT2D eigenvalue weighted by molar-refractivity contribution is -0.117. The van der Waals surface area contributed by atoms with E-state index in [0.717, 1.165) is 23.4 Å². The van der Waals surface area contributed by atoms with Gasteiger partial charge in [0.2, 0.25) is 12.7 Å². The van der Waals surface area contributed by atoms with Crippen LogP contribution in [-0.4, -0.2) is 48.7 Å². The summed E-state index contributed by atoms with van der Waals surface area (Å²) in [7, 11) is 0. The quantitative estimate of drug-likeness (QED) is 0.759. The van der Waals surface area contributed by atoms with E-state index in [0.29, 0.717) is 31.2 Å². The van der Waals surface area contributed by atoms with Crippen LogP contribution in [0.5, 0.6) is 11.5 Å². The van der Waals surface area contributed by atoms with E-state index in [1.165, 1.54) is 0 Å². The number of carbonyl (C=O) groups is 1. The number of hydrogen-bond donors (Lipinski definition) is 3. The number of hydrogen-bond acceptors (Lipinski definition) is 6. The van der Waals surface area contributed by atoms with Crippen LogP contribution >= 0.6 is 12.4 Å². The first kappa shape index (κ1) is 17.5. The molecule has 0 radical (unpaired) electrons. The number of benzene rings is 1. The molecule has 2 aromatic rings. The third kappa shape index (κ3) is 3.87. The average Bonchev–Trinajstić information content (AvgIpc) is 3.23. The van der Waals surface area contributed by atoms with Crippen molar-refractivity contribution in [2.45, 2.75) is 12.5 Å². The average molecular weight is 367 g/mol. The van der Waals surface area contributed by atoms with Crippen LogP contribution in [0.25, 0.3) is 11.1 Å². The first-order valence-corrected chi connectivity index (χ1v) is 7.84. The molecule has 0 saturated carbocycles. The Balaban J connectivity index is 0.00000182. The Bertz CT molecular complexity index is 745. The summed E-state index contributed by atoms with van der Waals surface area (Å²) < 4.78 is 16.1. The van der Waals surface area contributed by atoms with Crippen LogP contribution in [0.4, 0.5) is 5.82 Å². The molecule has 9 heteroatoms. The van der Waals surface area contributed by atoms with Crippen LogP contribution in [0, 0.1) is 0 Å². The van der Waals surface area contributed by atoms with Gasteiger partial charge in [0, 0.05) is 24.6 Å². The van der Waals surface area contributed by atoms with Gasteiger partial charge in [-0.1, -0.05) is 6.07 Å². The molecule has 0 spiro atoms. The van der Waals surface area contributed by atoms with E-state index in [1.54, 1.807) is 6.20 Å². The maximum Gasteiger partial charge on any atom is 0.231 e. The molecule has 4 rings (SSSR count). The van der Waals surface area contributed by atoms with Gasteiger partial charge in [-0.25, -0.2) is 0 Å². The number of amides is 1. The normalized spacial score (nSPS) is 18.5. The van der Waals surface area contributed by atoms with E-state index in [1.807, 2.05) is 18.2 Å². The molecule has 1 fully saturated rings. The van der Waals surface area contributed by atoms with Crippen LogP contribution < -0.4 is 20.1 Å². The second kappa shape index (κ2) is 7.73. The van der Waals surface area contributed by atoms with Crippen LogP contribution in [0.1, 0.15) is 6.42 Å². The highest BCUT2D eigenvalue weighted by molar-refractivity contribution is 5.94. The summed E-state index contributed by atoms with van der Waals surface area (Å²) in [6.45, 7) is 2.23. The molecule has 2 aliphatic heterocycles. The number of anilines is 1. The van der Waals surface area contributed by atoms with Crippen LogP contribution in [0.2, 0.25) is 0 Å². The Morgan fingerprint density at radius 2 is 2.20 bits per heavy atom. The Labute approximate surface area is 150 Å². The van der Waals surface area contributed by atoms with E-state index in [4.69, 9.17) is 14.2 Å². The number of aromatic amines is 1. The third-order valence-corrected chi connectivity index (χ3v) is 4.02.